The molecule has 0 spiro atoms. The van der Waals surface area contributed by atoms with Crippen LogP contribution < -0.4 is 10.6 Å². The molecule has 0 bridgehead atoms. The Morgan fingerprint density at radius 2 is 2.07 bits per heavy atom. The van der Waals surface area contributed by atoms with Crippen LogP contribution in [0.2, 0.25) is 0 Å². The summed E-state index contributed by atoms with van der Waals surface area (Å²) in [4.78, 5) is 0. The molecule has 1 atom stereocenters. The highest BCUT2D eigenvalue weighted by Crippen LogP contribution is 2.22. The zero-order chi connectivity index (χ0) is 10.3. The lowest BCUT2D eigenvalue weighted by atomic mass is 9.95. The molecular formula is C13H24N2. The number of rotatable bonds is 4. The molecule has 2 aliphatic rings. The minimum Gasteiger partial charge on any atom is -0.313 e. The van der Waals surface area contributed by atoms with E-state index >= 15 is 0 Å². The second kappa shape index (κ2) is 6.29. The largest absolute Gasteiger partial charge is 0.313 e. The van der Waals surface area contributed by atoms with Gasteiger partial charge in [0.2, 0.25) is 0 Å². The van der Waals surface area contributed by atoms with E-state index in [0.717, 1.165) is 19.1 Å². The Morgan fingerprint density at radius 3 is 2.80 bits per heavy atom. The second-order valence-corrected chi connectivity index (χ2v) is 4.87. The third kappa shape index (κ3) is 3.96. The summed E-state index contributed by atoms with van der Waals surface area (Å²) in [7, 11) is 0. The van der Waals surface area contributed by atoms with E-state index in [1.807, 2.05) is 0 Å². The van der Waals surface area contributed by atoms with Crippen LogP contribution in [0.4, 0.5) is 0 Å². The van der Waals surface area contributed by atoms with E-state index in [0.29, 0.717) is 0 Å². The average Bonchev–Trinajstić information content (AvgIpc) is 2.79. The van der Waals surface area contributed by atoms with Crippen molar-refractivity contribution in [1.29, 1.82) is 0 Å². The highest BCUT2D eigenvalue weighted by molar-refractivity contribution is 5.05. The van der Waals surface area contributed by atoms with Crippen molar-refractivity contribution in [3.05, 3.63) is 11.6 Å². The number of hydrogen-bond acceptors (Lipinski definition) is 2. The average molecular weight is 208 g/mol. The molecule has 1 saturated carbocycles. The molecule has 2 N–H and O–H groups in total. The third-order valence-electron chi connectivity index (χ3n) is 3.58. The molecule has 0 aromatic carbocycles. The highest BCUT2D eigenvalue weighted by atomic mass is 15.0. The molecule has 1 heterocycles. The first-order valence-electron chi connectivity index (χ1n) is 6.57. The number of allylic oxidation sites excluding steroid dienone is 1. The monoisotopic (exact) mass is 208 g/mol. The van der Waals surface area contributed by atoms with Crippen LogP contribution in [0, 0.1) is 0 Å². The predicted octanol–water partition coefficient (Wildman–Crippen LogP) is 2.22. The van der Waals surface area contributed by atoms with Gasteiger partial charge in [0.25, 0.3) is 0 Å². The van der Waals surface area contributed by atoms with Gasteiger partial charge in [-0.15, -0.1) is 0 Å². The molecule has 86 valence electrons. The molecule has 1 aliphatic heterocycles. The molecule has 0 radical (unpaired) electrons. The van der Waals surface area contributed by atoms with Crippen LogP contribution in [-0.4, -0.2) is 25.7 Å². The van der Waals surface area contributed by atoms with E-state index < -0.39 is 0 Å². The number of hydrogen-bond donors (Lipinski definition) is 2. The molecule has 0 amide bonds. The van der Waals surface area contributed by atoms with Gasteiger partial charge in [-0.25, -0.2) is 0 Å². The quantitative estimate of drug-likeness (QED) is 0.547. The summed E-state index contributed by atoms with van der Waals surface area (Å²) in [5.41, 5.74) is 1.69. The Kier molecular flexibility index (Phi) is 4.68. The molecular weight excluding hydrogens is 184 g/mol. The van der Waals surface area contributed by atoms with Gasteiger partial charge in [-0.05, 0) is 45.1 Å². The molecule has 0 aromatic rings. The highest BCUT2D eigenvalue weighted by Gasteiger charge is 2.12. The van der Waals surface area contributed by atoms with Crippen molar-refractivity contribution < 1.29 is 0 Å². The first-order chi connectivity index (χ1) is 7.45. The Balaban J connectivity index is 1.56. The van der Waals surface area contributed by atoms with Gasteiger partial charge in [-0.2, -0.15) is 0 Å². The topological polar surface area (TPSA) is 24.1 Å². The van der Waals surface area contributed by atoms with Gasteiger partial charge in [0.15, 0.2) is 0 Å². The maximum Gasteiger partial charge on any atom is 0.0193 e. The lowest BCUT2D eigenvalue weighted by molar-refractivity contribution is 0.550. The van der Waals surface area contributed by atoms with E-state index in [-0.39, 0.29) is 0 Å². The van der Waals surface area contributed by atoms with Crippen LogP contribution in [0.3, 0.4) is 0 Å². The van der Waals surface area contributed by atoms with Crippen molar-refractivity contribution in [1.82, 2.24) is 10.6 Å². The van der Waals surface area contributed by atoms with Gasteiger partial charge in [0, 0.05) is 19.1 Å². The fourth-order valence-electron chi connectivity index (χ4n) is 2.62. The summed E-state index contributed by atoms with van der Waals surface area (Å²) < 4.78 is 0. The standard InChI is InChI=1S/C13H24N2/c1-2-5-12(6-3-1)8-10-14-11-13-7-4-9-15-13/h8,13-15H,1-7,9-11H2. The fourth-order valence-corrected chi connectivity index (χ4v) is 2.62. The van der Waals surface area contributed by atoms with Gasteiger partial charge in [0.1, 0.15) is 0 Å². The zero-order valence-corrected chi connectivity index (χ0v) is 9.73. The summed E-state index contributed by atoms with van der Waals surface area (Å²) in [6.07, 6.45) is 12.1. The summed E-state index contributed by atoms with van der Waals surface area (Å²) in [6.45, 7) is 3.44. The lowest BCUT2D eigenvalue weighted by Crippen LogP contribution is -2.34. The van der Waals surface area contributed by atoms with Crippen LogP contribution in [0.25, 0.3) is 0 Å². The molecule has 1 aliphatic carbocycles. The maximum atomic E-state index is 3.54. The molecule has 2 rings (SSSR count). The van der Waals surface area contributed by atoms with Crippen LogP contribution in [0.15, 0.2) is 11.6 Å². The minimum absolute atomic E-state index is 0.731. The first kappa shape index (κ1) is 11.2. The summed E-state index contributed by atoms with van der Waals surface area (Å²) in [6, 6.07) is 0.731. The van der Waals surface area contributed by atoms with Gasteiger partial charge in [-0.3, -0.25) is 0 Å². The van der Waals surface area contributed by atoms with Crippen molar-refractivity contribution in [2.24, 2.45) is 0 Å². The third-order valence-corrected chi connectivity index (χ3v) is 3.58. The van der Waals surface area contributed by atoms with Gasteiger partial charge < -0.3 is 10.6 Å². The van der Waals surface area contributed by atoms with Gasteiger partial charge in [0.05, 0.1) is 0 Å². The van der Waals surface area contributed by atoms with E-state index in [2.05, 4.69) is 16.7 Å². The molecule has 0 aromatic heterocycles. The first-order valence-corrected chi connectivity index (χ1v) is 6.57. The van der Waals surface area contributed by atoms with Crippen molar-refractivity contribution >= 4 is 0 Å². The molecule has 2 nitrogen and oxygen atoms in total. The SMILES string of the molecule is C(CNCC1CCCN1)=C1CCCCC1. The van der Waals surface area contributed by atoms with Crippen LogP contribution in [-0.2, 0) is 0 Å². The van der Waals surface area contributed by atoms with Gasteiger partial charge in [-0.1, -0.05) is 18.1 Å². The predicted molar refractivity (Wildman–Crippen MR) is 65.1 cm³/mol. The Hall–Kier alpha value is -0.340. The Labute approximate surface area is 93.5 Å². The van der Waals surface area contributed by atoms with Gasteiger partial charge >= 0.3 is 0 Å². The minimum atomic E-state index is 0.731. The number of nitrogens with one attached hydrogen (secondary N) is 2. The van der Waals surface area contributed by atoms with E-state index in [1.54, 1.807) is 5.57 Å². The molecule has 15 heavy (non-hydrogen) atoms. The second-order valence-electron chi connectivity index (χ2n) is 4.87. The lowest BCUT2D eigenvalue weighted by Gasteiger charge is -2.14. The van der Waals surface area contributed by atoms with E-state index in [1.165, 1.54) is 51.5 Å². The smallest absolute Gasteiger partial charge is 0.0193 e. The Morgan fingerprint density at radius 1 is 1.20 bits per heavy atom. The van der Waals surface area contributed by atoms with Crippen molar-refractivity contribution in [2.45, 2.75) is 51.0 Å². The molecule has 1 saturated heterocycles. The van der Waals surface area contributed by atoms with Crippen LogP contribution >= 0.6 is 0 Å². The normalized spacial score (nSPS) is 26.9. The van der Waals surface area contributed by atoms with E-state index in [4.69, 9.17) is 0 Å². The molecule has 2 heteroatoms. The summed E-state index contributed by atoms with van der Waals surface area (Å²) in [5.74, 6) is 0. The van der Waals surface area contributed by atoms with Crippen LogP contribution in [0.5, 0.6) is 0 Å². The van der Waals surface area contributed by atoms with Crippen LogP contribution in [0.1, 0.15) is 44.9 Å². The summed E-state index contributed by atoms with van der Waals surface area (Å²) >= 11 is 0. The molecule has 1 unspecified atom stereocenters. The molecule has 2 fully saturated rings. The van der Waals surface area contributed by atoms with Crippen molar-refractivity contribution in [3.63, 3.8) is 0 Å². The summed E-state index contributed by atoms with van der Waals surface area (Å²) in [5, 5.41) is 7.05. The van der Waals surface area contributed by atoms with Crippen molar-refractivity contribution in [3.8, 4) is 0 Å². The fraction of sp³-hybridized carbons (Fsp3) is 0.846. The zero-order valence-electron chi connectivity index (χ0n) is 9.73. The van der Waals surface area contributed by atoms with Crippen molar-refractivity contribution in [2.75, 3.05) is 19.6 Å². The van der Waals surface area contributed by atoms with E-state index in [9.17, 15) is 0 Å². The Bertz CT molecular complexity index is 197. The maximum absolute atomic E-state index is 3.54.